The fourth-order valence-corrected chi connectivity index (χ4v) is 6.60. The predicted molar refractivity (Wildman–Crippen MR) is 179 cm³/mol. The monoisotopic (exact) mass is 651 g/mol. The van der Waals surface area contributed by atoms with Gasteiger partial charge in [-0.05, 0) is 70.8 Å². The van der Waals surface area contributed by atoms with Crippen molar-refractivity contribution in [2.45, 2.75) is 44.4 Å². The van der Waals surface area contributed by atoms with E-state index in [1.165, 1.54) is 12.1 Å². The number of primary amides is 1. The first-order chi connectivity index (χ1) is 23.0. The van der Waals surface area contributed by atoms with Crippen molar-refractivity contribution in [3.05, 3.63) is 126 Å². The molecule has 0 saturated heterocycles. The number of benzene rings is 4. The SMILES string of the molecule is C=CC[C@H](C(N)=O)[C@@H](CC1CC1)C(=O)NC1C(=O)N(Cc2cccc(-c3ccc(C(F)(F)F)cc3)c2)c2ccccc2-c2ccccc21. The van der Waals surface area contributed by atoms with Gasteiger partial charge in [-0.2, -0.15) is 13.2 Å². The Kier molecular flexibility index (Phi) is 9.22. The molecule has 1 heterocycles. The molecule has 246 valence electrons. The lowest BCUT2D eigenvalue weighted by molar-refractivity contribution is -0.137. The Bertz CT molecular complexity index is 1850. The van der Waals surface area contributed by atoms with Gasteiger partial charge in [0.1, 0.15) is 6.04 Å². The molecule has 4 aromatic carbocycles. The summed E-state index contributed by atoms with van der Waals surface area (Å²) in [5.41, 5.74) is 10.00. The van der Waals surface area contributed by atoms with Crippen LogP contribution in [0.25, 0.3) is 22.3 Å². The lowest BCUT2D eigenvalue weighted by Gasteiger charge is -2.29. The summed E-state index contributed by atoms with van der Waals surface area (Å²) in [6, 6.07) is 26.2. The van der Waals surface area contributed by atoms with Crippen LogP contribution < -0.4 is 16.0 Å². The fraction of sp³-hybridized carbons (Fsp3) is 0.256. The summed E-state index contributed by atoms with van der Waals surface area (Å²) in [7, 11) is 0. The number of rotatable bonds is 11. The first-order valence-corrected chi connectivity index (χ1v) is 16.0. The van der Waals surface area contributed by atoms with E-state index in [1.54, 1.807) is 17.0 Å². The number of alkyl halides is 3. The number of anilines is 1. The standard InChI is InChI=1S/C39H36F3N3O3/c1-2-8-32(36(43)46)33(22-24-15-16-24)37(47)44-35-31-13-4-3-11-29(31)30-12-5-6-14-34(30)45(38(35)48)23-25-9-7-10-27(21-25)26-17-19-28(20-18-26)39(40,41)42/h2-7,9-14,17-21,24,32-33,35H,1,8,15-16,22-23H2,(H2,43,46)(H,44,47)/t32-,33+,35?/m0/s1. The minimum absolute atomic E-state index is 0.135. The Morgan fingerprint density at radius 3 is 2.25 bits per heavy atom. The molecule has 48 heavy (non-hydrogen) atoms. The highest BCUT2D eigenvalue weighted by molar-refractivity contribution is 6.06. The Hall–Kier alpha value is -5.18. The third kappa shape index (κ3) is 6.90. The van der Waals surface area contributed by atoms with Crippen molar-refractivity contribution >= 4 is 23.4 Å². The van der Waals surface area contributed by atoms with Crippen LogP contribution in [0.1, 0.15) is 48.4 Å². The van der Waals surface area contributed by atoms with E-state index in [9.17, 15) is 27.6 Å². The van der Waals surface area contributed by atoms with E-state index >= 15 is 0 Å². The summed E-state index contributed by atoms with van der Waals surface area (Å²) in [6.07, 6.45) is -0.147. The molecule has 3 atom stereocenters. The van der Waals surface area contributed by atoms with E-state index in [0.717, 1.165) is 41.7 Å². The van der Waals surface area contributed by atoms with Gasteiger partial charge >= 0.3 is 6.18 Å². The molecule has 1 saturated carbocycles. The number of para-hydroxylation sites is 1. The normalized spacial score (nSPS) is 17.0. The summed E-state index contributed by atoms with van der Waals surface area (Å²) >= 11 is 0. The molecule has 1 aliphatic carbocycles. The molecule has 3 N–H and O–H groups in total. The van der Waals surface area contributed by atoms with E-state index in [-0.39, 0.29) is 18.9 Å². The number of carbonyl (C=O) groups excluding carboxylic acids is 3. The number of carbonyl (C=O) groups is 3. The molecule has 0 spiro atoms. The zero-order valence-corrected chi connectivity index (χ0v) is 26.3. The van der Waals surface area contributed by atoms with Gasteiger partial charge in [0.25, 0.3) is 5.91 Å². The minimum Gasteiger partial charge on any atom is -0.369 e. The molecule has 4 aromatic rings. The summed E-state index contributed by atoms with van der Waals surface area (Å²) in [5.74, 6) is -2.48. The van der Waals surface area contributed by atoms with Gasteiger partial charge < -0.3 is 16.0 Å². The smallest absolute Gasteiger partial charge is 0.369 e. The molecule has 0 radical (unpaired) electrons. The van der Waals surface area contributed by atoms with Crippen LogP contribution in [0.3, 0.4) is 0 Å². The molecule has 9 heteroatoms. The number of nitrogens with two attached hydrogens (primary N) is 1. The fourth-order valence-electron chi connectivity index (χ4n) is 6.60. The van der Waals surface area contributed by atoms with Gasteiger partial charge in [0, 0.05) is 5.56 Å². The van der Waals surface area contributed by atoms with Crippen molar-refractivity contribution in [1.29, 1.82) is 0 Å². The third-order valence-corrected chi connectivity index (χ3v) is 9.26. The molecule has 2 aliphatic rings. The molecule has 6 nitrogen and oxygen atoms in total. The molecule has 0 aromatic heterocycles. The zero-order chi connectivity index (χ0) is 34.0. The maximum atomic E-state index is 14.7. The molecular weight excluding hydrogens is 615 g/mol. The van der Waals surface area contributed by atoms with Gasteiger partial charge in [-0.3, -0.25) is 14.4 Å². The number of amides is 3. The van der Waals surface area contributed by atoms with Gasteiger partial charge in [-0.15, -0.1) is 6.58 Å². The van der Waals surface area contributed by atoms with Crippen molar-refractivity contribution < 1.29 is 27.6 Å². The Balaban J connectivity index is 1.36. The lowest BCUT2D eigenvalue weighted by atomic mass is 9.83. The quantitative estimate of drug-likeness (QED) is 0.162. The Labute approximate surface area is 277 Å². The highest BCUT2D eigenvalue weighted by Crippen LogP contribution is 2.42. The average Bonchev–Trinajstić information content (AvgIpc) is 3.92. The van der Waals surface area contributed by atoms with E-state index < -0.39 is 41.4 Å². The van der Waals surface area contributed by atoms with Gasteiger partial charge in [0.05, 0.1) is 29.6 Å². The second kappa shape index (κ2) is 13.5. The molecular formula is C39H36F3N3O3. The molecule has 1 aliphatic heterocycles. The van der Waals surface area contributed by atoms with Crippen molar-refractivity contribution in [3.63, 3.8) is 0 Å². The average molecular weight is 652 g/mol. The van der Waals surface area contributed by atoms with E-state index in [2.05, 4.69) is 11.9 Å². The first kappa shape index (κ1) is 32.7. The van der Waals surface area contributed by atoms with Gasteiger partial charge in [0.15, 0.2) is 0 Å². The maximum Gasteiger partial charge on any atom is 0.416 e. The zero-order valence-electron chi connectivity index (χ0n) is 26.3. The van der Waals surface area contributed by atoms with Crippen molar-refractivity contribution in [2.24, 2.45) is 23.5 Å². The number of allylic oxidation sites excluding steroid dienone is 1. The minimum atomic E-state index is -4.44. The van der Waals surface area contributed by atoms with Crippen molar-refractivity contribution in [3.8, 4) is 22.3 Å². The van der Waals surface area contributed by atoms with Crippen LogP contribution in [0.5, 0.6) is 0 Å². The van der Waals surface area contributed by atoms with Crippen molar-refractivity contribution in [2.75, 3.05) is 4.90 Å². The molecule has 1 fully saturated rings. The lowest BCUT2D eigenvalue weighted by Crippen LogP contribution is -2.46. The second-order valence-electron chi connectivity index (χ2n) is 12.6. The van der Waals surface area contributed by atoms with Crippen LogP contribution in [0, 0.1) is 17.8 Å². The van der Waals surface area contributed by atoms with Crippen LogP contribution in [-0.4, -0.2) is 17.7 Å². The number of nitrogens with zero attached hydrogens (tertiary/aromatic N) is 1. The Morgan fingerprint density at radius 1 is 0.896 bits per heavy atom. The highest BCUT2D eigenvalue weighted by atomic mass is 19.4. The molecule has 1 unspecified atom stereocenters. The number of fused-ring (bicyclic) bond motifs is 3. The summed E-state index contributed by atoms with van der Waals surface area (Å²) in [6.45, 7) is 3.89. The van der Waals surface area contributed by atoms with Crippen LogP contribution >= 0.6 is 0 Å². The first-order valence-electron chi connectivity index (χ1n) is 16.0. The van der Waals surface area contributed by atoms with E-state index in [4.69, 9.17) is 5.73 Å². The maximum absolute atomic E-state index is 14.7. The van der Waals surface area contributed by atoms with Crippen LogP contribution in [-0.2, 0) is 27.1 Å². The molecule has 6 rings (SSSR count). The number of halogens is 3. The van der Waals surface area contributed by atoms with Crippen LogP contribution in [0.4, 0.5) is 18.9 Å². The summed E-state index contributed by atoms with van der Waals surface area (Å²) < 4.78 is 39.5. The predicted octanol–water partition coefficient (Wildman–Crippen LogP) is 7.84. The van der Waals surface area contributed by atoms with Crippen molar-refractivity contribution in [1.82, 2.24) is 5.32 Å². The number of nitrogens with one attached hydrogen (secondary N) is 1. The van der Waals surface area contributed by atoms with E-state index in [0.29, 0.717) is 34.7 Å². The van der Waals surface area contributed by atoms with E-state index in [1.807, 2.05) is 66.7 Å². The number of hydrogen-bond donors (Lipinski definition) is 2. The van der Waals surface area contributed by atoms with Gasteiger partial charge in [0.2, 0.25) is 11.8 Å². The van der Waals surface area contributed by atoms with Gasteiger partial charge in [-0.25, -0.2) is 0 Å². The second-order valence-corrected chi connectivity index (χ2v) is 12.6. The summed E-state index contributed by atoms with van der Waals surface area (Å²) in [5, 5.41) is 3.03. The molecule has 3 amide bonds. The van der Waals surface area contributed by atoms with Crippen LogP contribution in [0.2, 0.25) is 0 Å². The third-order valence-electron chi connectivity index (χ3n) is 9.26. The molecule has 0 bridgehead atoms. The topological polar surface area (TPSA) is 92.5 Å². The highest BCUT2D eigenvalue weighted by Gasteiger charge is 2.40. The largest absolute Gasteiger partial charge is 0.416 e. The number of hydrogen-bond acceptors (Lipinski definition) is 3. The Morgan fingerprint density at radius 2 is 1.58 bits per heavy atom. The van der Waals surface area contributed by atoms with Crippen LogP contribution in [0.15, 0.2) is 110 Å². The van der Waals surface area contributed by atoms with Gasteiger partial charge in [-0.1, -0.05) is 91.7 Å². The summed E-state index contributed by atoms with van der Waals surface area (Å²) in [4.78, 5) is 42.9.